The molecule has 0 saturated heterocycles. The fourth-order valence-corrected chi connectivity index (χ4v) is 2.97. The van der Waals surface area contributed by atoms with Gasteiger partial charge >= 0.3 is 0 Å². The summed E-state index contributed by atoms with van der Waals surface area (Å²) in [5.74, 6) is 0.735. The summed E-state index contributed by atoms with van der Waals surface area (Å²) in [6.45, 7) is 11.5. The molecule has 0 heterocycles. The van der Waals surface area contributed by atoms with Gasteiger partial charge < -0.3 is 15.3 Å². The summed E-state index contributed by atoms with van der Waals surface area (Å²) < 4.78 is 0. The van der Waals surface area contributed by atoms with Crippen molar-refractivity contribution in [1.82, 2.24) is 10.2 Å². The van der Waals surface area contributed by atoms with Gasteiger partial charge in [0.15, 0.2) is 0 Å². The molecule has 0 aromatic carbocycles. The lowest BCUT2D eigenvalue weighted by Gasteiger charge is -2.38. The first kappa shape index (κ1) is 16.9. The van der Waals surface area contributed by atoms with E-state index in [2.05, 4.69) is 51.9 Å². The van der Waals surface area contributed by atoms with Crippen LogP contribution in [-0.4, -0.2) is 47.3 Å². The number of hydrogen-bond acceptors (Lipinski definition) is 3. The highest BCUT2D eigenvalue weighted by Crippen LogP contribution is 2.26. The van der Waals surface area contributed by atoms with Crippen LogP contribution in [0.1, 0.15) is 60.3 Å². The summed E-state index contributed by atoms with van der Waals surface area (Å²) in [6.07, 6.45) is 4.76. The summed E-state index contributed by atoms with van der Waals surface area (Å²) >= 11 is 0. The van der Waals surface area contributed by atoms with Gasteiger partial charge in [-0.05, 0) is 59.4 Å². The molecule has 1 saturated carbocycles. The molecule has 3 nitrogen and oxygen atoms in total. The third-order valence-corrected chi connectivity index (χ3v) is 4.43. The van der Waals surface area contributed by atoms with Crippen molar-refractivity contribution in [3.8, 4) is 0 Å². The van der Waals surface area contributed by atoms with Crippen molar-refractivity contribution in [2.75, 3.05) is 13.7 Å². The molecule has 0 radical (unpaired) electrons. The summed E-state index contributed by atoms with van der Waals surface area (Å²) in [6, 6.07) is 1.72. The van der Waals surface area contributed by atoms with Gasteiger partial charge in [0.2, 0.25) is 0 Å². The third-order valence-electron chi connectivity index (χ3n) is 4.43. The number of aliphatic hydroxyl groups excluding tert-OH is 1. The lowest BCUT2D eigenvalue weighted by molar-refractivity contribution is 0.103. The molecule has 2 N–H and O–H groups in total. The second-order valence-electron chi connectivity index (χ2n) is 7.33. The summed E-state index contributed by atoms with van der Waals surface area (Å²) in [5.41, 5.74) is -0.133. The van der Waals surface area contributed by atoms with Crippen molar-refractivity contribution >= 4 is 0 Å². The van der Waals surface area contributed by atoms with Gasteiger partial charge in [-0.2, -0.15) is 0 Å². The Labute approximate surface area is 119 Å². The van der Waals surface area contributed by atoms with Crippen molar-refractivity contribution in [3.63, 3.8) is 0 Å². The highest BCUT2D eigenvalue weighted by atomic mass is 16.3. The molecule has 3 unspecified atom stereocenters. The van der Waals surface area contributed by atoms with Crippen molar-refractivity contribution in [3.05, 3.63) is 0 Å². The molecule has 1 fully saturated rings. The van der Waals surface area contributed by atoms with Crippen molar-refractivity contribution in [2.45, 2.75) is 84.0 Å². The van der Waals surface area contributed by atoms with Crippen LogP contribution in [0, 0.1) is 5.92 Å². The Morgan fingerprint density at radius 3 is 2.21 bits per heavy atom. The van der Waals surface area contributed by atoms with Crippen LogP contribution in [0.2, 0.25) is 0 Å². The largest absolute Gasteiger partial charge is 0.394 e. The molecular weight excluding hydrogens is 236 g/mol. The number of hydrogen-bond donors (Lipinski definition) is 2. The standard InChI is InChI=1S/C16H34N2O/c1-12(2)9-13(3)18(6)14(4)10-16(5,11-19)17-15-7-8-15/h12-15,17,19H,7-11H2,1-6H3. The van der Waals surface area contributed by atoms with Crippen molar-refractivity contribution in [1.29, 1.82) is 0 Å². The van der Waals surface area contributed by atoms with Crippen LogP contribution in [0.3, 0.4) is 0 Å². The van der Waals surface area contributed by atoms with Gasteiger partial charge in [-0.3, -0.25) is 0 Å². The number of nitrogens with zero attached hydrogens (tertiary/aromatic N) is 1. The molecular formula is C16H34N2O. The monoisotopic (exact) mass is 270 g/mol. The molecule has 0 aromatic rings. The maximum absolute atomic E-state index is 9.70. The van der Waals surface area contributed by atoms with E-state index in [1.54, 1.807) is 0 Å². The second kappa shape index (κ2) is 7.05. The van der Waals surface area contributed by atoms with Gasteiger partial charge in [0.05, 0.1) is 6.61 Å². The predicted molar refractivity (Wildman–Crippen MR) is 82.4 cm³/mol. The SMILES string of the molecule is CC(C)CC(C)N(C)C(C)CC(C)(CO)NC1CC1. The van der Waals surface area contributed by atoms with Crippen LogP contribution in [0.15, 0.2) is 0 Å². The Bertz CT molecular complexity index is 265. The zero-order chi connectivity index (χ0) is 14.6. The number of rotatable bonds is 9. The lowest BCUT2D eigenvalue weighted by Crippen LogP contribution is -2.52. The fourth-order valence-electron chi connectivity index (χ4n) is 2.97. The molecule has 1 rings (SSSR count). The van der Waals surface area contributed by atoms with Crippen LogP contribution >= 0.6 is 0 Å². The average Bonchev–Trinajstić information content (AvgIpc) is 3.10. The molecule has 1 aliphatic rings. The quantitative estimate of drug-likeness (QED) is 0.676. The smallest absolute Gasteiger partial charge is 0.0611 e. The Balaban J connectivity index is 2.47. The van der Waals surface area contributed by atoms with Crippen LogP contribution < -0.4 is 5.32 Å². The molecule has 0 spiro atoms. The van der Waals surface area contributed by atoms with Gasteiger partial charge in [-0.15, -0.1) is 0 Å². The highest BCUT2D eigenvalue weighted by molar-refractivity contribution is 4.94. The van der Waals surface area contributed by atoms with Gasteiger partial charge in [-0.25, -0.2) is 0 Å². The number of nitrogens with one attached hydrogen (secondary N) is 1. The van der Waals surface area contributed by atoms with Gasteiger partial charge in [0, 0.05) is 23.7 Å². The maximum atomic E-state index is 9.70. The average molecular weight is 270 g/mol. The molecule has 0 aromatic heterocycles. The Hall–Kier alpha value is -0.120. The van der Waals surface area contributed by atoms with E-state index in [0.717, 1.165) is 12.3 Å². The first-order chi connectivity index (χ1) is 8.77. The first-order valence-electron chi connectivity index (χ1n) is 7.88. The molecule has 0 aliphatic heterocycles. The minimum Gasteiger partial charge on any atom is -0.394 e. The third kappa shape index (κ3) is 5.80. The molecule has 0 amide bonds. The van der Waals surface area contributed by atoms with Crippen LogP contribution in [-0.2, 0) is 0 Å². The van der Waals surface area contributed by atoms with Crippen molar-refractivity contribution < 1.29 is 5.11 Å². The molecule has 19 heavy (non-hydrogen) atoms. The summed E-state index contributed by atoms with van der Waals surface area (Å²) in [7, 11) is 2.21. The molecule has 3 atom stereocenters. The zero-order valence-electron chi connectivity index (χ0n) is 13.7. The van der Waals surface area contributed by atoms with E-state index in [9.17, 15) is 5.11 Å². The fraction of sp³-hybridized carbons (Fsp3) is 1.00. The Morgan fingerprint density at radius 1 is 1.21 bits per heavy atom. The van der Waals surface area contributed by atoms with E-state index in [1.165, 1.54) is 19.3 Å². The molecule has 1 aliphatic carbocycles. The Kier molecular flexibility index (Phi) is 6.28. The van der Waals surface area contributed by atoms with Gasteiger partial charge in [-0.1, -0.05) is 13.8 Å². The van der Waals surface area contributed by atoms with Crippen molar-refractivity contribution in [2.24, 2.45) is 5.92 Å². The van der Waals surface area contributed by atoms with E-state index in [0.29, 0.717) is 18.1 Å². The molecule has 114 valence electrons. The summed E-state index contributed by atoms with van der Waals surface area (Å²) in [5, 5.41) is 13.3. The summed E-state index contributed by atoms with van der Waals surface area (Å²) in [4.78, 5) is 2.46. The minimum atomic E-state index is -0.133. The van der Waals surface area contributed by atoms with E-state index in [4.69, 9.17) is 0 Å². The minimum absolute atomic E-state index is 0.133. The topological polar surface area (TPSA) is 35.5 Å². The van der Waals surface area contributed by atoms with Gasteiger partial charge in [0.1, 0.15) is 0 Å². The predicted octanol–water partition coefficient (Wildman–Crippen LogP) is 2.63. The van der Waals surface area contributed by atoms with Crippen LogP contribution in [0.5, 0.6) is 0 Å². The highest BCUT2D eigenvalue weighted by Gasteiger charge is 2.34. The lowest BCUT2D eigenvalue weighted by atomic mass is 9.92. The molecule has 3 heteroatoms. The Morgan fingerprint density at radius 2 is 1.79 bits per heavy atom. The zero-order valence-corrected chi connectivity index (χ0v) is 13.7. The van der Waals surface area contributed by atoms with E-state index < -0.39 is 0 Å². The second-order valence-corrected chi connectivity index (χ2v) is 7.33. The van der Waals surface area contributed by atoms with Crippen LogP contribution in [0.25, 0.3) is 0 Å². The van der Waals surface area contributed by atoms with E-state index in [-0.39, 0.29) is 12.1 Å². The first-order valence-corrected chi connectivity index (χ1v) is 7.88. The van der Waals surface area contributed by atoms with E-state index >= 15 is 0 Å². The maximum Gasteiger partial charge on any atom is 0.0611 e. The molecule has 0 bridgehead atoms. The normalized spacial score (nSPS) is 22.6. The number of aliphatic hydroxyl groups is 1. The van der Waals surface area contributed by atoms with E-state index in [1.807, 2.05) is 0 Å². The van der Waals surface area contributed by atoms with Gasteiger partial charge in [0.25, 0.3) is 0 Å². The van der Waals surface area contributed by atoms with Crippen LogP contribution in [0.4, 0.5) is 0 Å².